The third-order valence-electron chi connectivity index (χ3n) is 3.98. The van der Waals surface area contributed by atoms with Gasteiger partial charge in [-0.25, -0.2) is 0 Å². The Labute approximate surface area is 129 Å². The first kappa shape index (κ1) is 16.3. The van der Waals surface area contributed by atoms with E-state index in [0.717, 1.165) is 18.2 Å². The average Bonchev–Trinajstić information content (AvgIpc) is 3.23. The van der Waals surface area contributed by atoms with E-state index in [2.05, 4.69) is 43.9 Å². The molecule has 21 heavy (non-hydrogen) atoms. The van der Waals surface area contributed by atoms with Crippen molar-refractivity contribution in [3.05, 3.63) is 29.8 Å². The quantitative estimate of drug-likeness (QED) is 0.755. The monoisotopic (exact) mass is 290 g/mol. The second-order valence-corrected chi connectivity index (χ2v) is 6.43. The van der Waals surface area contributed by atoms with Crippen molar-refractivity contribution < 1.29 is 4.74 Å². The summed E-state index contributed by atoms with van der Waals surface area (Å²) in [6.45, 7) is 9.33. The molecule has 0 bridgehead atoms. The fourth-order valence-electron chi connectivity index (χ4n) is 2.86. The van der Waals surface area contributed by atoms with Crippen LogP contribution in [-0.2, 0) is 0 Å². The Morgan fingerprint density at radius 2 is 2.10 bits per heavy atom. The van der Waals surface area contributed by atoms with Gasteiger partial charge in [0, 0.05) is 19.1 Å². The van der Waals surface area contributed by atoms with Gasteiger partial charge in [0.1, 0.15) is 5.75 Å². The van der Waals surface area contributed by atoms with Crippen LogP contribution in [0.1, 0.15) is 51.6 Å². The summed E-state index contributed by atoms with van der Waals surface area (Å²) in [5, 5.41) is 0. The molecule has 3 nitrogen and oxygen atoms in total. The summed E-state index contributed by atoms with van der Waals surface area (Å²) in [5.74, 6) is 1.84. The topological polar surface area (TPSA) is 38.5 Å². The molecule has 1 aliphatic rings. The van der Waals surface area contributed by atoms with Crippen LogP contribution >= 0.6 is 0 Å². The zero-order chi connectivity index (χ0) is 15.2. The van der Waals surface area contributed by atoms with E-state index < -0.39 is 0 Å². The molecule has 0 saturated heterocycles. The highest BCUT2D eigenvalue weighted by Crippen LogP contribution is 2.33. The summed E-state index contributed by atoms with van der Waals surface area (Å²) in [6.07, 6.45) is 4.14. The van der Waals surface area contributed by atoms with E-state index in [1.54, 1.807) is 0 Å². The summed E-state index contributed by atoms with van der Waals surface area (Å²) in [5.41, 5.74) is 7.38. The van der Waals surface area contributed by atoms with Crippen LogP contribution in [0.2, 0.25) is 0 Å². The van der Waals surface area contributed by atoms with Gasteiger partial charge in [-0.2, -0.15) is 0 Å². The van der Waals surface area contributed by atoms with Crippen LogP contribution < -0.4 is 10.5 Å². The van der Waals surface area contributed by atoms with Crippen molar-refractivity contribution in [1.82, 2.24) is 4.90 Å². The minimum absolute atomic E-state index is 0.204. The first-order valence-electron chi connectivity index (χ1n) is 8.34. The lowest BCUT2D eigenvalue weighted by atomic mass is 10.0. The third-order valence-corrected chi connectivity index (χ3v) is 3.98. The fourth-order valence-corrected chi connectivity index (χ4v) is 2.86. The molecule has 3 heteroatoms. The standard InChI is InChI=1S/C18H30N2O/c1-4-10-20(13-15-8-9-15)18(12-19)16-6-5-7-17(11-16)21-14(2)3/h5-7,11,14-15,18H,4,8-10,12-13,19H2,1-3H3. The minimum Gasteiger partial charge on any atom is -0.491 e. The van der Waals surface area contributed by atoms with Gasteiger partial charge < -0.3 is 10.5 Å². The van der Waals surface area contributed by atoms with Gasteiger partial charge in [-0.1, -0.05) is 19.1 Å². The molecule has 0 aliphatic heterocycles. The summed E-state index contributed by atoms with van der Waals surface area (Å²) in [6, 6.07) is 8.76. The Bertz CT molecular complexity index is 429. The number of nitrogens with two attached hydrogens (primary N) is 1. The molecule has 0 amide bonds. The SMILES string of the molecule is CCCN(CC1CC1)C(CN)c1cccc(OC(C)C)c1. The molecule has 0 spiro atoms. The maximum absolute atomic E-state index is 6.10. The van der Waals surface area contributed by atoms with E-state index >= 15 is 0 Å². The molecular weight excluding hydrogens is 260 g/mol. The van der Waals surface area contributed by atoms with Crippen LogP contribution in [0.3, 0.4) is 0 Å². The zero-order valence-corrected chi connectivity index (χ0v) is 13.7. The molecule has 0 radical (unpaired) electrons. The molecule has 118 valence electrons. The predicted octanol–water partition coefficient (Wildman–Crippen LogP) is 3.60. The van der Waals surface area contributed by atoms with Crippen molar-refractivity contribution in [2.24, 2.45) is 11.7 Å². The molecule has 1 saturated carbocycles. The largest absolute Gasteiger partial charge is 0.491 e. The molecular formula is C18H30N2O. The molecule has 1 aliphatic carbocycles. The lowest BCUT2D eigenvalue weighted by molar-refractivity contribution is 0.192. The highest BCUT2D eigenvalue weighted by Gasteiger charge is 2.28. The van der Waals surface area contributed by atoms with Gasteiger partial charge in [0.2, 0.25) is 0 Å². The maximum Gasteiger partial charge on any atom is 0.120 e. The van der Waals surface area contributed by atoms with E-state index in [1.165, 1.54) is 31.4 Å². The summed E-state index contributed by atoms with van der Waals surface area (Å²) in [4.78, 5) is 2.56. The highest BCUT2D eigenvalue weighted by atomic mass is 16.5. The second kappa shape index (κ2) is 7.81. The van der Waals surface area contributed by atoms with Crippen molar-refractivity contribution >= 4 is 0 Å². The smallest absolute Gasteiger partial charge is 0.120 e. The van der Waals surface area contributed by atoms with E-state index in [9.17, 15) is 0 Å². The maximum atomic E-state index is 6.10. The normalized spacial score (nSPS) is 16.5. The number of nitrogens with zero attached hydrogens (tertiary/aromatic N) is 1. The molecule has 1 aromatic rings. The lowest BCUT2D eigenvalue weighted by Gasteiger charge is -2.31. The van der Waals surface area contributed by atoms with Gasteiger partial charge in [-0.3, -0.25) is 4.90 Å². The Kier molecular flexibility index (Phi) is 6.07. The van der Waals surface area contributed by atoms with Gasteiger partial charge in [-0.15, -0.1) is 0 Å². The molecule has 0 aromatic heterocycles. The number of ether oxygens (including phenoxy) is 1. The van der Waals surface area contributed by atoms with Crippen molar-refractivity contribution in [3.8, 4) is 5.75 Å². The van der Waals surface area contributed by atoms with Crippen LogP contribution in [0.15, 0.2) is 24.3 Å². The van der Waals surface area contributed by atoms with Gasteiger partial charge in [0.25, 0.3) is 0 Å². The molecule has 1 unspecified atom stereocenters. The Balaban J connectivity index is 2.13. The number of rotatable bonds is 9. The highest BCUT2D eigenvalue weighted by molar-refractivity contribution is 5.31. The van der Waals surface area contributed by atoms with Crippen LogP contribution in [-0.4, -0.2) is 30.6 Å². The van der Waals surface area contributed by atoms with Crippen LogP contribution in [0.5, 0.6) is 5.75 Å². The van der Waals surface area contributed by atoms with Crippen molar-refractivity contribution in [2.45, 2.75) is 52.2 Å². The van der Waals surface area contributed by atoms with Crippen LogP contribution in [0.4, 0.5) is 0 Å². The van der Waals surface area contributed by atoms with E-state index in [-0.39, 0.29) is 6.10 Å². The number of hydrogen-bond donors (Lipinski definition) is 1. The van der Waals surface area contributed by atoms with E-state index in [0.29, 0.717) is 12.6 Å². The zero-order valence-electron chi connectivity index (χ0n) is 13.7. The fraction of sp³-hybridized carbons (Fsp3) is 0.667. The van der Waals surface area contributed by atoms with Gasteiger partial charge in [0.05, 0.1) is 6.10 Å². The first-order chi connectivity index (χ1) is 10.1. The Hall–Kier alpha value is -1.06. The molecule has 2 rings (SSSR count). The van der Waals surface area contributed by atoms with E-state index in [4.69, 9.17) is 10.5 Å². The minimum atomic E-state index is 0.204. The molecule has 2 N–H and O–H groups in total. The molecule has 1 fully saturated rings. The Morgan fingerprint density at radius 3 is 2.67 bits per heavy atom. The van der Waals surface area contributed by atoms with Crippen molar-refractivity contribution in [1.29, 1.82) is 0 Å². The third kappa shape index (κ3) is 5.01. The number of hydrogen-bond acceptors (Lipinski definition) is 3. The summed E-state index contributed by atoms with van der Waals surface area (Å²) < 4.78 is 5.82. The first-order valence-corrected chi connectivity index (χ1v) is 8.34. The average molecular weight is 290 g/mol. The summed E-state index contributed by atoms with van der Waals surface area (Å²) >= 11 is 0. The van der Waals surface area contributed by atoms with E-state index in [1.807, 2.05) is 6.07 Å². The molecule has 0 heterocycles. The lowest BCUT2D eigenvalue weighted by Crippen LogP contribution is -2.36. The molecule has 1 aromatic carbocycles. The van der Waals surface area contributed by atoms with Crippen LogP contribution in [0, 0.1) is 5.92 Å². The molecule has 1 atom stereocenters. The van der Waals surface area contributed by atoms with Gasteiger partial charge >= 0.3 is 0 Å². The predicted molar refractivity (Wildman–Crippen MR) is 88.6 cm³/mol. The van der Waals surface area contributed by atoms with Crippen LogP contribution in [0.25, 0.3) is 0 Å². The number of benzene rings is 1. The van der Waals surface area contributed by atoms with Gasteiger partial charge in [-0.05, 0) is 63.3 Å². The second-order valence-electron chi connectivity index (χ2n) is 6.43. The summed E-state index contributed by atoms with van der Waals surface area (Å²) in [7, 11) is 0. The van der Waals surface area contributed by atoms with Crippen molar-refractivity contribution in [3.63, 3.8) is 0 Å². The van der Waals surface area contributed by atoms with Crippen molar-refractivity contribution in [2.75, 3.05) is 19.6 Å². The van der Waals surface area contributed by atoms with Gasteiger partial charge in [0.15, 0.2) is 0 Å². The Morgan fingerprint density at radius 1 is 1.33 bits per heavy atom.